The summed E-state index contributed by atoms with van der Waals surface area (Å²) in [7, 11) is 0. The van der Waals surface area contributed by atoms with Gasteiger partial charge in [-0.1, -0.05) is 37.6 Å². The highest BCUT2D eigenvalue weighted by Gasteiger charge is 2.00. The van der Waals surface area contributed by atoms with Crippen molar-refractivity contribution in [2.45, 2.75) is 38.6 Å². The van der Waals surface area contributed by atoms with Crippen LogP contribution in [0.1, 0.15) is 37.3 Å². The lowest BCUT2D eigenvalue weighted by Gasteiger charge is -2.05. The topological polar surface area (TPSA) is 29.1 Å². The van der Waals surface area contributed by atoms with Crippen molar-refractivity contribution in [3.63, 3.8) is 0 Å². The van der Waals surface area contributed by atoms with Gasteiger partial charge in [0.05, 0.1) is 0 Å². The van der Waals surface area contributed by atoms with Gasteiger partial charge in [0.15, 0.2) is 0 Å². The summed E-state index contributed by atoms with van der Waals surface area (Å²) in [6.07, 6.45) is 2.63. The highest BCUT2D eigenvalue weighted by atomic mass is 35.5. The Bertz CT molecular complexity index is 321. The van der Waals surface area contributed by atoms with Crippen LogP contribution in [0.25, 0.3) is 0 Å². The number of alkyl halides is 1. The van der Waals surface area contributed by atoms with Crippen LogP contribution in [0.5, 0.6) is 0 Å². The molecule has 0 bridgehead atoms. The molecule has 0 aliphatic carbocycles. The molecule has 0 atom stereocenters. The molecule has 1 N–H and O–H groups in total. The lowest BCUT2D eigenvalue weighted by molar-refractivity contribution is -0.121. The summed E-state index contributed by atoms with van der Waals surface area (Å²) in [5.41, 5.74) is 2.21. The second-order valence-corrected chi connectivity index (χ2v) is 4.10. The summed E-state index contributed by atoms with van der Waals surface area (Å²) in [6, 6.07) is 7.97. The average Bonchev–Trinajstić information content (AvgIpc) is 2.34. The van der Waals surface area contributed by atoms with Crippen LogP contribution in [0.2, 0.25) is 0 Å². The third kappa shape index (κ3) is 4.67. The molecule has 0 heterocycles. The molecule has 0 unspecified atom stereocenters. The summed E-state index contributed by atoms with van der Waals surface area (Å²) < 4.78 is 0. The van der Waals surface area contributed by atoms with E-state index in [-0.39, 0.29) is 5.91 Å². The van der Waals surface area contributed by atoms with Gasteiger partial charge in [-0.3, -0.25) is 4.79 Å². The number of carbonyl (C=O) groups excluding carboxylic acids is 1. The summed E-state index contributed by atoms with van der Waals surface area (Å²) in [4.78, 5) is 11.4. The quantitative estimate of drug-likeness (QED) is 0.759. The van der Waals surface area contributed by atoms with Gasteiger partial charge in [0, 0.05) is 18.8 Å². The fraction of sp³-hybridized carbons (Fsp3) is 0.462. The molecule has 0 aliphatic heterocycles. The maximum Gasteiger partial charge on any atom is 0.220 e. The van der Waals surface area contributed by atoms with E-state index in [0.29, 0.717) is 18.8 Å². The smallest absolute Gasteiger partial charge is 0.220 e. The SMILES string of the molecule is CCCCC(=O)NCc1ccc(CCl)cc1. The van der Waals surface area contributed by atoms with E-state index < -0.39 is 0 Å². The highest BCUT2D eigenvalue weighted by molar-refractivity contribution is 6.17. The molecular weight excluding hydrogens is 222 g/mol. The largest absolute Gasteiger partial charge is 0.352 e. The zero-order chi connectivity index (χ0) is 11.8. The number of halogens is 1. The van der Waals surface area contributed by atoms with Crippen LogP contribution >= 0.6 is 11.6 Å². The van der Waals surface area contributed by atoms with E-state index in [1.54, 1.807) is 0 Å². The lowest BCUT2D eigenvalue weighted by Crippen LogP contribution is -2.22. The predicted octanol–water partition coefficient (Wildman–Crippen LogP) is 3.23. The maximum absolute atomic E-state index is 11.4. The van der Waals surface area contributed by atoms with E-state index >= 15 is 0 Å². The second kappa shape index (κ2) is 7.29. The first kappa shape index (κ1) is 13.0. The predicted molar refractivity (Wildman–Crippen MR) is 67.4 cm³/mol. The van der Waals surface area contributed by atoms with Gasteiger partial charge in [-0.05, 0) is 17.5 Å². The number of benzene rings is 1. The molecule has 1 aromatic rings. The van der Waals surface area contributed by atoms with E-state index in [4.69, 9.17) is 11.6 Å². The normalized spacial score (nSPS) is 10.1. The minimum Gasteiger partial charge on any atom is -0.352 e. The molecule has 0 aliphatic rings. The van der Waals surface area contributed by atoms with Gasteiger partial charge < -0.3 is 5.32 Å². The number of carbonyl (C=O) groups is 1. The Morgan fingerprint density at radius 1 is 1.25 bits per heavy atom. The van der Waals surface area contributed by atoms with Gasteiger partial charge in [-0.25, -0.2) is 0 Å². The van der Waals surface area contributed by atoms with Gasteiger partial charge in [0.25, 0.3) is 0 Å². The Kier molecular flexibility index (Phi) is 5.94. The van der Waals surface area contributed by atoms with Crippen molar-refractivity contribution in [2.75, 3.05) is 0 Å². The first-order valence-corrected chi connectivity index (χ1v) is 6.20. The van der Waals surface area contributed by atoms with Crippen LogP contribution in [-0.2, 0) is 17.2 Å². The lowest BCUT2D eigenvalue weighted by atomic mass is 10.1. The Labute approximate surface area is 102 Å². The van der Waals surface area contributed by atoms with Crippen LogP contribution < -0.4 is 5.32 Å². The first-order valence-electron chi connectivity index (χ1n) is 5.66. The van der Waals surface area contributed by atoms with Gasteiger partial charge >= 0.3 is 0 Å². The summed E-state index contributed by atoms with van der Waals surface area (Å²) in [5, 5.41) is 2.90. The highest BCUT2D eigenvalue weighted by Crippen LogP contribution is 2.06. The fourth-order valence-corrected chi connectivity index (χ4v) is 1.55. The van der Waals surface area contributed by atoms with Crippen molar-refractivity contribution in [3.8, 4) is 0 Å². The Balaban J connectivity index is 2.33. The minimum absolute atomic E-state index is 0.128. The summed E-state index contributed by atoms with van der Waals surface area (Å²) in [5.74, 6) is 0.659. The number of amides is 1. The first-order chi connectivity index (χ1) is 7.76. The molecule has 0 radical (unpaired) electrons. The van der Waals surface area contributed by atoms with Gasteiger partial charge in [-0.2, -0.15) is 0 Å². The maximum atomic E-state index is 11.4. The third-order valence-corrected chi connectivity index (χ3v) is 2.73. The number of hydrogen-bond donors (Lipinski definition) is 1. The number of unbranched alkanes of at least 4 members (excludes halogenated alkanes) is 1. The zero-order valence-electron chi connectivity index (χ0n) is 9.63. The van der Waals surface area contributed by atoms with Gasteiger partial charge in [-0.15, -0.1) is 11.6 Å². The van der Waals surface area contributed by atoms with Crippen LogP contribution in [0, 0.1) is 0 Å². The second-order valence-electron chi connectivity index (χ2n) is 3.83. The zero-order valence-corrected chi connectivity index (χ0v) is 10.4. The third-order valence-electron chi connectivity index (χ3n) is 2.42. The number of hydrogen-bond acceptors (Lipinski definition) is 1. The van der Waals surface area contributed by atoms with Crippen LogP contribution in [0.4, 0.5) is 0 Å². The fourth-order valence-electron chi connectivity index (χ4n) is 1.37. The van der Waals surface area contributed by atoms with E-state index in [1.165, 1.54) is 0 Å². The van der Waals surface area contributed by atoms with Gasteiger partial charge in [0.2, 0.25) is 5.91 Å². The van der Waals surface area contributed by atoms with E-state index in [2.05, 4.69) is 12.2 Å². The van der Waals surface area contributed by atoms with Crippen molar-refractivity contribution in [1.82, 2.24) is 5.32 Å². The molecule has 0 saturated heterocycles. The van der Waals surface area contributed by atoms with Crippen LogP contribution in [0.15, 0.2) is 24.3 Å². The molecule has 1 rings (SSSR count). The minimum atomic E-state index is 0.128. The van der Waals surface area contributed by atoms with Crippen LogP contribution in [-0.4, -0.2) is 5.91 Å². The molecule has 1 aromatic carbocycles. The van der Waals surface area contributed by atoms with Crippen molar-refractivity contribution >= 4 is 17.5 Å². The molecule has 0 aromatic heterocycles. The average molecular weight is 240 g/mol. The number of rotatable bonds is 6. The van der Waals surface area contributed by atoms with Crippen molar-refractivity contribution in [1.29, 1.82) is 0 Å². The molecule has 0 saturated carbocycles. The molecule has 16 heavy (non-hydrogen) atoms. The summed E-state index contributed by atoms with van der Waals surface area (Å²) in [6.45, 7) is 2.68. The van der Waals surface area contributed by atoms with Crippen molar-refractivity contribution in [2.24, 2.45) is 0 Å². The molecule has 3 heteroatoms. The monoisotopic (exact) mass is 239 g/mol. The van der Waals surface area contributed by atoms with Gasteiger partial charge in [0.1, 0.15) is 0 Å². The Hall–Kier alpha value is -1.02. The number of nitrogens with one attached hydrogen (secondary N) is 1. The molecule has 88 valence electrons. The standard InChI is InChI=1S/C13H18ClNO/c1-2-3-4-13(16)15-10-12-7-5-11(9-14)6-8-12/h5-8H,2-4,9-10H2,1H3,(H,15,16). The van der Waals surface area contributed by atoms with Crippen molar-refractivity contribution in [3.05, 3.63) is 35.4 Å². The molecule has 0 fully saturated rings. The van der Waals surface area contributed by atoms with E-state index in [9.17, 15) is 4.79 Å². The molecule has 1 amide bonds. The molecule has 2 nitrogen and oxygen atoms in total. The Morgan fingerprint density at radius 2 is 1.88 bits per heavy atom. The van der Waals surface area contributed by atoms with E-state index in [0.717, 1.165) is 24.0 Å². The molecular formula is C13H18ClNO. The Morgan fingerprint density at radius 3 is 2.44 bits per heavy atom. The van der Waals surface area contributed by atoms with Crippen LogP contribution in [0.3, 0.4) is 0 Å². The van der Waals surface area contributed by atoms with E-state index in [1.807, 2.05) is 24.3 Å². The summed E-state index contributed by atoms with van der Waals surface area (Å²) >= 11 is 5.69. The molecule has 0 spiro atoms. The van der Waals surface area contributed by atoms with Crippen molar-refractivity contribution < 1.29 is 4.79 Å².